The van der Waals surface area contributed by atoms with Crippen molar-refractivity contribution in [2.75, 3.05) is 14.1 Å². The molecule has 1 aromatic heterocycles. The average molecular weight is 161 g/mol. The van der Waals surface area contributed by atoms with Crippen LogP contribution in [-0.2, 0) is 0 Å². The predicted octanol–water partition coefficient (Wildman–Crippen LogP) is 2.09. The van der Waals surface area contributed by atoms with Crippen molar-refractivity contribution in [1.29, 1.82) is 0 Å². The first-order valence-corrected chi connectivity index (χ1v) is 4.08. The summed E-state index contributed by atoms with van der Waals surface area (Å²) in [4.78, 5) is 0. The number of hydrogen-bond acceptors (Lipinski definition) is 2. The van der Waals surface area contributed by atoms with Gasteiger partial charge >= 0.3 is 0 Å². The van der Waals surface area contributed by atoms with Gasteiger partial charge in [0.05, 0.1) is 0 Å². The molecule has 0 radical (unpaired) electrons. The van der Waals surface area contributed by atoms with E-state index in [-0.39, 0.29) is 0 Å². The van der Waals surface area contributed by atoms with Crippen LogP contribution in [0.3, 0.4) is 0 Å². The van der Waals surface area contributed by atoms with E-state index in [0.29, 0.717) is 0 Å². The van der Waals surface area contributed by atoms with Crippen LogP contribution in [0.2, 0.25) is 0 Å². The zero-order valence-electron chi connectivity index (χ0n) is 5.74. The van der Waals surface area contributed by atoms with Crippen LogP contribution < -0.4 is 0 Å². The smallest absolute Gasteiger partial charge is 0.00934 e. The third kappa shape index (κ3) is 11.6. The number of thiophene rings is 1. The van der Waals surface area contributed by atoms with Gasteiger partial charge in [-0.1, -0.05) is 21.5 Å². The molecule has 1 heterocycles. The van der Waals surface area contributed by atoms with Crippen molar-refractivity contribution in [3.8, 4) is 0 Å². The Morgan fingerprint density at radius 1 is 1.22 bits per heavy atom. The van der Waals surface area contributed by atoms with Gasteiger partial charge in [0.2, 0.25) is 0 Å². The number of hydrogen-bond donors (Lipinski definition) is 0. The topological polar surface area (TPSA) is 3.24 Å². The van der Waals surface area contributed by atoms with E-state index in [1.165, 1.54) is 0 Å². The third-order valence-corrected chi connectivity index (χ3v) is 1.05. The molecule has 0 bridgehead atoms. The van der Waals surface area contributed by atoms with E-state index >= 15 is 0 Å². The SMILES string of the molecule is CN(C)P.c1ccsc1. The van der Waals surface area contributed by atoms with Crippen molar-refractivity contribution < 1.29 is 0 Å². The Morgan fingerprint density at radius 2 is 1.56 bits per heavy atom. The predicted molar refractivity (Wildman–Crippen MR) is 47.7 cm³/mol. The second-order valence-electron chi connectivity index (χ2n) is 1.76. The molecule has 1 atom stereocenters. The van der Waals surface area contributed by atoms with Gasteiger partial charge in [-0.2, -0.15) is 11.3 Å². The van der Waals surface area contributed by atoms with Crippen LogP contribution in [0.1, 0.15) is 0 Å². The molecule has 0 amide bonds. The van der Waals surface area contributed by atoms with Crippen molar-refractivity contribution in [2.45, 2.75) is 0 Å². The van der Waals surface area contributed by atoms with Gasteiger partial charge in [-0.3, -0.25) is 4.67 Å². The van der Waals surface area contributed by atoms with Crippen molar-refractivity contribution >= 4 is 20.7 Å². The largest absolute Gasteiger partial charge is 0.293 e. The van der Waals surface area contributed by atoms with Gasteiger partial charge in [0, 0.05) is 0 Å². The minimum Gasteiger partial charge on any atom is -0.293 e. The Kier molecular flexibility index (Phi) is 6.28. The van der Waals surface area contributed by atoms with E-state index in [0.717, 1.165) is 0 Å². The van der Waals surface area contributed by atoms with Gasteiger partial charge < -0.3 is 0 Å². The fraction of sp³-hybridized carbons (Fsp3) is 0.333. The minimum atomic E-state index is 1.71. The lowest BCUT2D eigenvalue weighted by molar-refractivity contribution is 0.703. The van der Waals surface area contributed by atoms with Gasteiger partial charge in [0.1, 0.15) is 0 Å². The summed E-state index contributed by atoms with van der Waals surface area (Å²) in [5.41, 5.74) is 0. The standard InChI is InChI=1S/C4H4S.C2H8NP/c1-2-4-5-3-1;1-3(2)4/h1-4H;4H2,1-2H3. The molecule has 0 aliphatic carbocycles. The molecule has 1 rings (SSSR count). The van der Waals surface area contributed by atoms with Crippen LogP contribution in [0.5, 0.6) is 0 Å². The highest BCUT2D eigenvalue weighted by Gasteiger charge is 1.58. The molecule has 1 nitrogen and oxygen atoms in total. The summed E-state index contributed by atoms with van der Waals surface area (Å²) in [7, 11) is 6.42. The molecule has 0 spiro atoms. The van der Waals surface area contributed by atoms with Crippen LogP contribution in [0, 0.1) is 0 Å². The highest BCUT2D eigenvalue weighted by atomic mass is 32.1. The van der Waals surface area contributed by atoms with E-state index < -0.39 is 0 Å². The molecule has 0 N–H and O–H groups in total. The van der Waals surface area contributed by atoms with Crippen LogP contribution in [0.25, 0.3) is 0 Å². The van der Waals surface area contributed by atoms with E-state index in [1.807, 2.05) is 41.7 Å². The van der Waals surface area contributed by atoms with E-state index in [1.54, 1.807) is 11.3 Å². The first kappa shape index (κ1) is 9.09. The average Bonchev–Trinajstić information content (AvgIpc) is 2.11. The molecule has 1 aromatic rings. The first-order valence-electron chi connectivity index (χ1n) is 2.62. The highest BCUT2D eigenvalue weighted by molar-refractivity contribution is 7.13. The normalized spacial score (nSPS) is 8.44. The van der Waals surface area contributed by atoms with Gasteiger partial charge in [-0.25, -0.2) is 0 Å². The van der Waals surface area contributed by atoms with Crippen molar-refractivity contribution in [1.82, 2.24) is 4.67 Å². The van der Waals surface area contributed by atoms with E-state index in [4.69, 9.17) is 0 Å². The molecule has 52 valence electrons. The quantitative estimate of drug-likeness (QED) is 0.526. The summed E-state index contributed by atoms with van der Waals surface area (Å²) in [5, 5.41) is 4.08. The lowest BCUT2D eigenvalue weighted by Crippen LogP contribution is -1.88. The van der Waals surface area contributed by atoms with Gasteiger partial charge in [0.25, 0.3) is 0 Å². The lowest BCUT2D eigenvalue weighted by Gasteiger charge is -1.90. The Labute approximate surface area is 63.0 Å². The van der Waals surface area contributed by atoms with Crippen molar-refractivity contribution in [2.24, 2.45) is 0 Å². The summed E-state index contributed by atoms with van der Waals surface area (Å²) >= 11 is 1.71. The monoisotopic (exact) mass is 161 g/mol. The lowest BCUT2D eigenvalue weighted by atomic mass is 10.7. The minimum absolute atomic E-state index is 1.71. The maximum Gasteiger partial charge on any atom is -0.00934 e. The van der Waals surface area contributed by atoms with E-state index in [2.05, 4.69) is 9.39 Å². The van der Waals surface area contributed by atoms with Crippen LogP contribution >= 0.6 is 20.7 Å². The Morgan fingerprint density at radius 3 is 1.67 bits per heavy atom. The van der Waals surface area contributed by atoms with Crippen LogP contribution in [-0.4, -0.2) is 18.8 Å². The van der Waals surface area contributed by atoms with Crippen molar-refractivity contribution in [3.05, 3.63) is 22.9 Å². The first-order chi connectivity index (χ1) is 4.23. The molecule has 0 aliphatic heterocycles. The number of nitrogens with zero attached hydrogens (tertiary/aromatic N) is 1. The summed E-state index contributed by atoms with van der Waals surface area (Å²) in [6.45, 7) is 0. The molecule has 0 aromatic carbocycles. The molecule has 0 fully saturated rings. The third-order valence-electron chi connectivity index (χ3n) is 0.425. The van der Waals surface area contributed by atoms with Gasteiger partial charge in [-0.05, 0) is 24.9 Å². The zero-order chi connectivity index (χ0) is 7.11. The van der Waals surface area contributed by atoms with Crippen LogP contribution in [0.15, 0.2) is 22.9 Å². The zero-order valence-corrected chi connectivity index (χ0v) is 7.71. The molecular formula is C6H12NPS. The molecule has 9 heavy (non-hydrogen) atoms. The molecule has 0 saturated heterocycles. The summed E-state index contributed by atoms with van der Waals surface area (Å²) < 4.78 is 1.92. The molecule has 0 saturated carbocycles. The molecule has 1 unspecified atom stereocenters. The van der Waals surface area contributed by atoms with Gasteiger partial charge in [0.15, 0.2) is 0 Å². The van der Waals surface area contributed by atoms with Crippen molar-refractivity contribution in [3.63, 3.8) is 0 Å². The molecule has 3 heteroatoms. The maximum atomic E-state index is 2.49. The number of rotatable bonds is 0. The second-order valence-corrected chi connectivity index (χ2v) is 3.61. The highest BCUT2D eigenvalue weighted by Crippen LogP contribution is 1.91. The molecular weight excluding hydrogens is 149 g/mol. The Hall–Kier alpha value is 0.0900. The second kappa shape index (κ2) is 6.21. The summed E-state index contributed by atoms with van der Waals surface area (Å²) in [5.74, 6) is 0. The summed E-state index contributed by atoms with van der Waals surface area (Å²) in [6, 6.07) is 4.04. The summed E-state index contributed by atoms with van der Waals surface area (Å²) in [6.07, 6.45) is 0. The maximum absolute atomic E-state index is 2.49. The fourth-order valence-corrected chi connectivity index (χ4v) is 0.680. The fourth-order valence-electron chi connectivity index (χ4n) is 0.227. The van der Waals surface area contributed by atoms with Gasteiger partial charge in [-0.15, -0.1) is 0 Å². The van der Waals surface area contributed by atoms with E-state index in [9.17, 15) is 0 Å². The molecule has 0 aliphatic rings. The Balaban J connectivity index is 0.000000148. The Bertz CT molecular complexity index is 96.6. The van der Waals surface area contributed by atoms with Crippen LogP contribution in [0.4, 0.5) is 0 Å².